The van der Waals surface area contributed by atoms with E-state index in [4.69, 9.17) is 4.74 Å². The summed E-state index contributed by atoms with van der Waals surface area (Å²) in [5, 5.41) is 9.20. The summed E-state index contributed by atoms with van der Waals surface area (Å²) in [6.07, 6.45) is 4.20. The Kier molecular flexibility index (Phi) is 4.32. The number of hydrogen-bond acceptors (Lipinski definition) is 3. The lowest BCUT2D eigenvalue weighted by Crippen LogP contribution is -2.13. The molecular weight excluding hydrogens is 394 g/mol. The third-order valence-corrected chi connectivity index (χ3v) is 6.37. The SMILES string of the molecule is Cc1ccc(C2(c3nnc4c(Oc5ccccc5-c5ccccc5)cccn34)CC2)cc1. The van der Waals surface area contributed by atoms with E-state index in [9.17, 15) is 0 Å². The van der Waals surface area contributed by atoms with Gasteiger partial charge in [0.15, 0.2) is 5.75 Å². The fourth-order valence-electron chi connectivity index (χ4n) is 4.47. The first-order chi connectivity index (χ1) is 15.7. The molecule has 1 aliphatic carbocycles. The van der Waals surface area contributed by atoms with E-state index in [0.29, 0.717) is 5.75 Å². The van der Waals surface area contributed by atoms with Crippen molar-refractivity contribution in [1.82, 2.24) is 14.6 Å². The summed E-state index contributed by atoms with van der Waals surface area (Å²) in [6.45, 7) is 2.12. The molecule has 0 radical (unpaired) electrons. The number of aryl methyl sites for hydroxylation is 1. The molecule has 1 fully saturated rings. The van der Waals surface area contributed by atoms with Gasteiger partial charge in [0.1, 0.15) is 11.6 Å². The maximum atomic E-state index is 6.42. The second kappa shape index (κ2) is 7.34. The zero-order chi connectivity index (χ0) is 21.5. The zero-order valence-electron chi connectivity index (χ0n) is 17.9. The van der Waals surface area contributed by atoms with Gasteiger partial charge in [-0.2, -0.15) is 0 Å². The molecule has 0 amide bonds. The van der Waals surface area contributed by atoms with Gasteiger partial charge in [0, 0.05) is 11.8 Å². The van der Waals surface area contributed by atoms with Crippen LogP contribution in [0.3, 0.4) is 0 Å². The standard InChI is InChI=1S/C28H23N3O/c1-20-13-15-22(16-14-20)28(17-18-28)27-30-29-26-25(12-7-19-31(26)27)32-24-11-6-5-10-23(24)21-8-3-2-4-9-21/h2-16,19H,17-18H2,1H3. The molecule has 2 heterocycles. The van der Waals surface area contributed by atoms with Crippen molar-refractivity contribution in [3.63, 3.8) is 0 Å². The lowest BCUT2D eigenvalue weighted by Gasteiger charge is -2.15. The molecule has 1 aliphatic rings. The van der Waals surface area contributed by atoms with Crippen LogP contribution in [-0.4, -0.2) is 14.6 Å². The Morgan fingerprint density at radius 1 is 0.750 bits per heavy atom. The van der Waals surface area contributed by atoms with Gasteiger partial charge in [-0.3, -0.25) is 4.40 Å². The number of rotatable bonds is 5. The predicted octanol–water partition coefficient (Wildman–Crippen LogP) is 6.58. The molecule has 0 bridgehead atoms. The van der Waals surface area contributed by atoms with Gasteiger partial charge in [0.05, 0.1) is 5.41 Å². The van der Waals surface area contributed by atoms with Crippen LogP contribution in [0.4, 0.5) is 0 Å². The zero-order valence-corrected chi connectivity index (χ0v) is 17.9. The molecule has 0 atom stereocenters. The second-order valence-electron chi connectivity index (χ2n) is 8.50. The first-order valence-corrected chi connectivity index (χ1v) is 11.0. The van der Waals surface area contributed by atoms with Gasteiger partial charge >= 0.3 is 0 Å². The molecule has 0 spiro atoms. The smallest absolute Gasteiger partial charge is 0.203 e. The fourth-order valence-corrected chi connectivity index (χ4v) is 4.47. The van der Waals surface area contributed by atoms with E-state index >= 15 is 0 Å². The van der Waals surface area contributed by atoms with Gasteiger partial charge in [-0.25, -0.2) is 0 Å². The second-order valence-corrected chi connectivity index (χ2v) is 8.50. The van der Waals surface area contributed by atoms with Crippen molar-refractivity contribution in [2.24, 2.45) is 0 Å². The van der Waals surface area contributed by atoms with Crippen molar-refractivity contribution in [2.75, 3.05) is 0 Å². The van der Waals surface area contributed by atoms with Crippen LogP contribution in [0.15, 0.2) is 97.2 Å². The molecule has 6 rings (SSSR count). The summed E-state index contributed by atoms with van der Waals surface area (Å²) < 4.78 is 8.51. The molecule has 32 heavy (non-hydrogen) atoms. The summed E-state index contributed by atoms with van der Waals surface area (Å²) in [6, 6.07) is 31.1. The first-order valence-electron chi connectivity index (χ1n) is 11.0. The van der Waals surface area contributed by atoms with Crippen LogP contribution < -0.4 is 4.74 Å². The largest absolute Gasteiger partial charge is 0.453 e. The highest BCUT2D eigenvalue weighted by Gasteiger charge is 2.49. The average molecular weight is 418 g/mol. The number of pyridine rings is 1. The number of fused-ring (bicyclic) bond motifs is 1. The van der Waals surface area contributed by atoms with E-state index in [2.05, 4.69) is 64.0 Å². The minimum atomic E-state index is -0.0618. The lowest BCUT2D eigenvalue weighted by molar-refractivity contribution is 0.486. The van der Waals surface area contributed by atoms with Crippen LogP contribution in [-0.2, 0) is 5.41 Å². The molecule has 3 aromatic carbocycles. The minimum Gasteiger partial charge on any atom is -0.453 e. The maximum Gasteiger partial charge on any atom is 0.203 e. The topological polar surface area (TPSA) is 39.4 Å². The molecular formula is C28H23N3O. The molecule has 0 aliphatic heterocycles. The minimum absolute atomic E-state index is 0.0618. The highest BCUT2D eigenvalue weighted by Crippen LogP contribution is 2.53. The number of ether oxygens (including phenoxy) is 1. The Morgan fingerprint density at radius 3 is 2.25 bits per heavy atom. The van der Waals surface area contributed by atoms with Gasteiger partial charge < -0.3 is 4.74 Å². The summed E-state index contributed by atoms with van der Waals surface area (Å²) in [5.41, 5.74) is 5.42. The van der Waals surface area contributed by atoms with Crippen molar-refractivity contribution >= 4 is 5.65 Å². The van der Waals surface area contributed by atoms with Crippen LogP contribution in [0.5, 0.6) is 11.5 Å². The van der Waals surface area contributed by atoms with Crippen LogP contribution in [0, 0.1) is 6.92 Å². The molecule has 2 aromatic heterocycles. The van der Waals surface area contributed by atoms with Gasteiger partial charge in [-0.15, -0.1) is 10.2 Å². The van der Waals surface area contributed by atoms with Crippen LogP contribution in [0.25, 0.3) is 16.8 Å². The molecule has 5 aromatic rings. The van der Waals surface area contributed by atoms with Crippen LogP contribution >= 0.6 is 0 Å². The molecule has 0 unspecified atom stereocenters. The van der Waals surface area contributed by atoms with Crippen molar-refractivity contribution in [3.05, 3.63) is 114 Å². The molecule has 4 heteroatoms. The van der Waals surface area contributed by atoms with Crippen molar-refractivity contribution < 1.29 is 4.74 Å². The highest BCUT2D eigenvalue weighted by atomic mass is 16.5. The fraction of sp³-hybridized carbons (Fsp3) is 0.143. The summed E-state index contributed by atoms with van der Waals surface area (Å²) in [7, 11) is 0. The Balaban J connectivity index is 1.41. The Morgan fingerprint density at radius 2 is 1.47 bits per heavy atom. The normalized spacial score (nSPS) is 14.4. The average Bonchev–Trinajstić information content (AvgIpc) is 3.52. The van der Waals surface area contributed by atoms with Crippen LogP contribution in [0.2, 0.25) is 0 Å². The number of nitrogens with zero attached hydrogens (tertiary/aromatic N) is 3. The first kappa shape index (κ1) is 18.8. The third-order valence-electron chi connectivity index (χ3n) is 6.37. The maximum absolute atomic E-state index is 6.42. The van der Waals surface area contributed by atoms with E-state index in [0.717, 1.165) is 41.2 Å². The van der Waals surface area contributed by atoms with E-state index in [1.54, 1.807) is 0 Å². The van der Waals surface area contributed by atoms with Crippen molar-refractivity contribution in [1.29, 1.82) is 0 Å². The van der Waals surface area contributed by atoms with Gasteiger partial charge in [-0.05, 0) is 49.1 Å². The Labute approximate surface area is 187 Å². The molecule has 4 nitrogen and oxygen atoms in total. The van der Waals surface area contributed by atoms with E-state index < -0.39 is 0 Å². The van der Waals surface area contributed by atoms with Crippen molar-refractivity contribution in [3.8, 4) is 22.6 Å². The van der Waals surface area contributed by atoms with Crippen molar-refractivity contribution in [2.45, 2.75) is 25.2 Å². The number of benzene rings is 3. The molecule has 0 N–H and O–H groups in total. The predicted molar refractivity (Wildman–Crippen MR) is 126 cm³/mol. The Bertz CT molecular complexity index is 1400. The van der Waals surface area contributed by atoms with Gasteiger partial charge in [0.2, 0.25) is 5.65 Å². The van der Waals surface area contributed by atoms with E-state index in [1.165, 1.54) is 11.1 Å². The van der Waals surface area contributed by atoms with Gasteiger partial charge in [0.25, 0.3) is 0 Å². The van der Waals surface area contributed by atoms with E-state index in [1.807, 2.05) is 54.7 Å². The van der Waals surface area contributed by atoms with Gasteiger partial charge in [-0.1, -0.05) is 78.4 Å². The third kappa shape index (κ3) is 3.07. The molecule has 1 saturated carbocycles. The quantitative estimate of drug-likeness (QED) is 0.324. The highest BCUT2D eigenvalue weighted by molar-refractivity contribution is 5.71. The summed E-state index contributed by atoms with van der Waals surface area (Å²) >= 11 is 0. The number of hydrogen-bond donors (Lipinski definition) is 0. The molecule has 156 valence electrons. The number of para-hydroxylation sites is 1. The van der Waals surface area contributed by atoms with Crippen LogP contribution in [0.1, 0.15) is 29.8 Å². The monoisotopic (exact) mass is 417 g/mol. The summed E-state index contributed by atoms with van der Waals surface area (Å²) in [5.74, 6) is 2.49. The van der Waals surface area contributed by atoms with E-state index in [-0.39, 0.29) is 5.41 Å². The summed E-state index contributed by atoms with van der Waals surface area (Å²) in [4.78, 5) is 0. The molecule has 0 saturated heterocycles. The number of aromatic nitrogens is 3. The Hall–Kier alpha value is -3.92. The lowest BCUT2D eigenvalue weighted by atomic mass is 9.94.